The monoisotopic (exact) mass is 399 g/mol. The number of amides is 1. The molecule has 7 heteroatoms. The number of fused-ring (bicyclic) bond motifs is 1. The van der Waals surface area contributed by atoms with Crippen LogP contribution in [0.3, 0.4) is 0 Å². The molecule has 0 spiro atoms. The number of benzene rings is 2. The molecule has 146 valence electrons. The Balaban J connectivity index is 1.36. The second-order valence-electron chi connectivity index (χ2n) is 7.01. The molecule has 0 saturated carbocycles. The van der Waals surface area contributed by atoms with Gasteiger partial charge in [-0.25, -0.2) is 9.37 Å². The smallest absolute Gasteiger partial charge is 0.260 e. The molecular weight excluding hydrogens is 377 g/mol. The van der Waals surface area contributed by atoms with Crippen LogP contribution in [-0.4, -0.2) is 48.6 Å². The summed E-state index contributed by atoms with van der Waals surface area (Å²) >= 11 is 1.70. The van der Waals surface area contributed by atoms with Crippen molar-refractivity contribution in [3.05, 3.63) is 53.3 Å². The molecule has 0 radical (unpaired) electrons. The fraction of sp³-hybridized carbons (Fsp3) is 0.333. The number of halogens is 1. The van der Waals surface area contributed by atoms with Crippen LogP contribution in [0.5, 0.6) is 5.75 Å². The van der Waals surface area contributed by atoms with Gasteiger partial charge in [0.1, 0.15) is 0 Å². The number of piperazine rings is 1. The highest BCUT2D eigenvalue weighted by molar-refractivity contribution is 7.22. The summed E-state index contributed by atoms with van der Waals surface area (Å²) in [7, 11) is 0. The molecule has 0 bridgehead atoms. The second kappa shape index (κ2) is 7.75. The van der Waals surface area contributed by atoms with Crippen LogP contribution in [0.4, 0.5) is 9.52 Å². The summed E-state index contributed by atoms with van der Waals surface area (Å²) in [5.74, 6) is -0.477. The number of aromatic nitrogens is 1. The summed E-state index contributed by atoms with van der Waals surface area (Å²) in [4.78, 5) is 21.2. The first-order valence-electron chi connectivity index (χ1n) is 9.29. The minimum absolute atomic E-state index is 0.106. The van der Waals surface area contributed by atoms with E-state index < -0.39 is 5.82 Å². The van der Waals surface area contributed by atoms with Gasteiger partial charge in [0.2, 0.25) is 0 Å². The molecule has 1 aliphatic rings. The van der Waals surface area contributed by atoms with Crippen molar-refractivity contribution in [1.82, 2.24) is 9.88 Å². The Hall–Kier alpha value is -2.67. The maximum Gasteiger partial charge on any atom is 0.260 e. The lowest BCUT2D eigenvalue weighted by Crippen LogP contribution is -2.50. The van der Waals surface area contributed by atoms with Crippen LogP contribution in [0.2, 0.25) is 0 Å². The third kappa shape index (κ3) is 3.80. The molecule has 1 amide bonds. The SMILES string of the molecule is Cc1cc(C)c2sc(N3CCN(C(=O)COc4ccccc4F)CC3)nc2c1. The first kappa shape index (κ1) is 18.7. The number of hydrogen-bond acceptors (Lipinski definition) is 5. The summed E-state index contributed by atoms with van der Waals surface area (Å²) < 4.78 is 20.2. The predicted octanol–water partition coefficient (Wildman–Crippen LogP) is 3.78. The normalized spacial score (nSPS) is 14.5. The van der Waals surface area contributed by atoms with Crippen LogP contribution in [0.1, 0.15) is 11.1 Å². The third-order valence-corrected chi connectivity index (χ3v) is 6.17. The molecule has 0 aliphatic carbocycles. The first-order valence-corrected chi connectivity index (χ1v) is 10.1. The van der Waals surface area contributed by atoms with E-state index >= 15 is 0 Å². The van der Waals surface area contributed by atoms with Gasteiger partial charge in [0.15, 0.2) is 23.3 Å². The van der Waals surface area contributed by atoms with Gasteiger partial charge in [-0.1, -0.05) is 29.5 Å². The molecule has 2 aromatic carbocycles. The zero-order valence-electron chi connectivity index (χ0n) is 15.9. The molecule has 3 aromatic rings. The first-order chi connectivity index (χ1) is 13.5. The van der Waals surface area contributed by atoms with Crippen LogP contribution in [0.25, 0.3) is 10.2 Å². The van der Waals surface area contributed by atoms with E-state index in [1.165, 1.54) is 28.0 Å². The lowest BCUT2D eigenvalue weighted by atomic mass is 10.1. The van der Waals surface area contributed by atoms with Crippen molar-refractivity contribution in [3.8, 4) is 5.75 Å². The van der Waals surface area contributed by atoms with Gasteiger partial charge in [-0.2, -0.15) is 0 Å². The lowest BCUT2D eigenvalue weighted by Gasteiger charge is -2.34. The topological polar surface area (TPSA) is 45.7 Å². The van der Waals surface area contributed by atoms with Crippen LogP contribution in [0.15, 0.2) is 36.4 Å². The molecule has 1 aromatic heterocycles. The van der Waals surface area contributed by atoms with Gasteiger partial charge in [0.25, 0.3) is 5.91 Å². The molecule has 0 unspecified atom stereocenters. The molecular formula is C21H22FN3O2S. The number of aryl methyl sites for hydroxylation is 2. The molecule has 0 atom stereocenters. The average molecular weight is 399 g/mol. The summed E-state index contributed by atoms with van der Waals surface area (Å²) in [6, 6.07) is 10.4. The van der Waals surface area contributed by atoms with E-state index in [2.05, 4.69) is 30.9 Å². The van der Waals surface area contributed by atoms with Crippen molar-refractivity contribution < 1.29 is 13.9 Å². The number of carbonyl (C=O) groups is 1. The minimum atomic E-state index is -0.457. The fourth-order valence-corrected chi connectivity index (χ4v) is 4.51. The number of hydrogen-bond donors (Lipinski definition) is 0. The van der Waals surface area contributed by atoms with E-state index in [0.29, 0.717) is 13.1 Å². The number of nitrogens with zero attached hydrogens (tertiary/aromatic N) is 3. The van der Waals surface area contributed by atoms with E-state index in [0.717, 1.165) is 23.7 Å². The molecule has 0 N–H and O–H groups in total. The number of anilines is 1. The van der Waals surface area contributed by atoms with Gasteiger partial charge >= 0.3 is 0 Å². The van der Waals surface area contributed by atoms with Gasteiger partial charge in [-0.05, 0) is 43.2 Å². The standard InChI is InChI=1S/C21H22FN3O2S/c1-14-11-15(2)20-17(12-14)23-21(28-20)25-9-7-24(8-10-25)19(26)13-27-18-6-4-3-5-16(18)22/h3-6,11-12H,7-10,13H2,1-2H3. The Morgan fingerprint density at radius 1 is 1.18 bits per heavy atom. The zero-order chi connectivity index (χ0) is 19.7. The van der Waals surface area contributed by atoms with Gasteiger partial charge in [-0.3, -0.25) is 4.79 Å². The van der Waals surface area contributed by atoms with Crippen molar-refractivity contribution in [1.29, 1.82) is 0 Å². The van der Waals surface area contributed by atoms with E-state index in [1.54, 1.807) is 28.4 Å². The van der Waals surface area contributed by atoms with Gasteiger partial charge in [-0.15, -0.1) is 0 Å². The summed E-state index contributed by atoms with van der Waals surface area (Å²) in [6.07, 6.45) is 0. The molecule has 28 heavy (non-hydrogen) atoms. The van der Waals surface area contributed by atoms with Crippen molar-refractivity contribution in [3.63, 3.8) is 0 Å². The van der Waals surface area contributed by atoms with E-state index in [4.69, 9.17) is 9.72 Å². The van der Waals surface area contributed by atoms with Crippen LogP contribution < -0.4 is 9.64 Å². The molecule has 1 fully saturated rings. The second-order valence-corrected chi connectivity index (χ2v) is 7.99. The lowest BCUT2D eigenvalue weighted by molar-refractivity contribution is -0.133. The summed E-state index contributed by atoms with van der Waals surface area (Å²) in [5.41, 5.74) is 3.50. The van der Waals surface area contributed by atoms with Gasteiger partial charge in [0.05, 0.1) is 10.2 Å². The molecule has 5 nitrogen and oxygen atoms in total. The van der Waals surface area contributed by atoms with E-state index in [-0.39, 0.29) is 18.3 Å². The maximum absolute atomic E-state index is 13.6. The highest BCUT2D eigenvalue weighted by atomic mass is 32.1. The van der Waals surface area contributed by atoms with Gasteiger partial charge < -0.3 is 14.5 Å². The highest BCUT2D eigenvalue weighted by Gasteiger charge is 2.24. The van der Waals surface area contributed by atoms with E-state index in [1.807, 2.05) is 0 Å². The van der Waals surface area contributed by atoms with Gasteiger partial charge in [0, 0.05) is 26.2 Å². The highest BCUT2D eigenvalue weighted by Crippen LogP contribution is 2.32. The molecule has 1 aliphatic heterocycles. The Morgan fingerprint density at radius 3 is 2.68 bits per heavy atom. The number of ether oxygens (including phenoxy) is 1. The van der Waals surface area contributed by atoms with Crippen LogP contribution in [0, 0.1) is 19.7 Å². The van der Waals surface area contributed by atoms with Crippen molar-refractivity contribution >= 4 is 32.6 Å². The Bertz CT molecular complexity index is 1010. The molecule has 4 rings (SSSR count). The predicted molar refractivity (Wildman–Crippen MR) is 110 cm³/mol. The minimum Gasteiger partial charge on any atom is -0.481 e. The molecule has 2 heterocycles. The van der Waals surface area contributed by atoms with Crippen LogP contribution in [-0.2, 0) is 4.79 Å². The largest absolute Gasteiger partial charge is 0.481 e. The maximum atomic E-state index is 13.6. The number of rotatable bonds is 4. The average Bonchev–Trinajstić information content (AvgIpc) is 3.11. The fourth-order valence-electron chi connectivity index (χ4n) is 3.44. The Morgan fingerprint density at radius 2 is 1.93 bits per heavy atom. The van der Waals surface area contributed by atoms with Crippen molar-refractivity contribution in [2.24, 2.45) is 0 Å². The van der Waals surface area contributed by atoms with Crippen LogP contribution >= 0.6 is 11.3 Å². The third-order valence-electron chi connectivity index (χ3n) is 4.90. The van der Waals surface area contributed by atoms with Crippen molar-refractivity contribution in [2.75, 3.05) is 37.7 Å². The Kier molecular flexibility index (Phi) is 5.17. The number of thiazole rings is 1. The number of carbonyl (C=O) groups excluding carboxylic acids is 1. The summed E-state index contributed by atoms with van der Waals surface area (Å²) in [5, 5.41) is 0.999. The number of para-hydroxylation sites is 1. The zero-order valence-corrected chi connectivity index (χ0v) is 16.8. The van der Waals surface area contributed by atoms with E-state index in [9.17, 15) is 9.18 Å². The molecule has 1 saturated heterocycles. The quantitative estimate of drug-likeness (QED) is 0.670. The summed E-state index contributed by atoms with van der Waals surface area (Å²) in [6.45, 7) is 6.70. The Labute approximate surface area is 167 Å². The van der Waals surface area contributed by atoms with Crippen molar-refractivity contribution in [2.45, 2.75) is 13.8 Å².